The van der Waals surface area contributed by atoms with E-state index < -0.39 is 30.5 Å². The number of rotatable bonds is 19. The molecule has 170 valence electrons. The molecule has 2 atom stereocenters. The summed E-state index contributed by atoms with van der Waals surface area (Å²) in [5.74, 6) is -1.60. The lowest BCUT2D eigenvalue weighted by molar-refractivity contribution is -0.148. The number of cyclic esters (lactones) is 1. The average Bonchev–Trinajstić information content (AvgIpc) is 3.01. The molecule has 6 heteroatoms. The second kappa shape index (κ2) is 16.5. The number of hydrogen-bond donors (Lipinski definition) is 3. The van der Waals surface area contributed by atoms with Crippen LogP contribution in [0.15, 0.2) is 11.5 Å². The van der Waals surface area contributed by atoms with Crippen LogP contribution in [-0.2, 0) is 14.3 Å². The number of carbonyl (C=O) groups excluding carboxylic acids is 1. The number of ether oxygens (including phenoxy) is 2. The number of aliphatic hydroxyl groups excluding tert-OH is 3. The third kappa shape index (κ3) is 10.9. The summed E-state index contributed by atoms with van der Waals surface area (Å²) in [6.45, 7) is 2.04. The lowest BCUT2D eigenvalue weighted by Crippen LogP contribution is -2.32. The van der Waals surface area contributed by atoms with Gasteiger partial charge in [-0.2, -0.15) is 0 Å². The molecule has 0 aliphatic carbocycles. The first kappa shape index (κ1) is 25.8. The molecule has 29 heavy (non-hydrogen) atoms. The van der Waals surface area contributed by atoms with Gasteiger partial charge in [0.25, 0.3) is 0 Å². The smallest absolute Gasteiger partial charge is 0.378 e. The lowest BCUT2D eigenvalue weighted by atomic mass is 10.0. The van der Waals surface area contributed by atoms with E-state index in [1.54, 1.807) is 0 Å². The van der Waals surface area contributed by atoms with Crippen molar-refractivity contribution in [1.29, 1.82) is 0 Å². The molecule has 0 bridgehead atoms. The van der Waals surface area contributed by atoms with Gasteiger partial charge in [-0.25, -0.2) is 4.79 Å². The first-order valence-electron chi connectivity index (χ1n) is 11.7. The molecule has 1 aliphatic rings. The van der Waals surface area contributed by atoms with Crippen molar-refractivity contribution in [3.8, 4) is 0 Å². The molecule has 1 rings (SSSR count). The molecule has 0 saturated carbocycles. The summed E-state index contributed by atoms with van der Waals surface area (Å²) < 4.78 is 10.3. The number of aliphatic hydroxyl groups is 3. The first-order valence-corrected chi connectivity index (χ1v) is 11.7. The van der Waals surface area contributed by atoms with E-state index >= 15 is 0 Å². The topological polar surface area (TPSA) is 96.2 Å². The van der Waals surface area contributed by atoms with Gasteiger partial charge in [-0.15, -0.1) is 0 Å². The second-order valence-corrected chi connectivity index (χ2v) is 8.09. The van der Waals surface area contributed by atoms with Crippen molar-refractivity contribution in [3.05, 3.63) is 11.5 Å². The van der Waals surface area contributed by atoms with Crippen molar-refractivity contribution < 1.29 is 29.6 Å². The Morgan fingerprint density at radius 3 is 1.76 bits per heavy atom. The van der Waals surface area contributed by atoms with Gasteiger partial charge in [0, 0.05) is 0 Å². The Labute approximate surface area is 176 Å². The van der Waals surface area contributed by atoms with Crippen molar-refractivity contribution in [2.75, 3.05) is 13.2 Å². The molecule has 0 radical (unpaired) electrons. The van der Waals surface area contributed by atoms with Crippen molar-refractivity contribution in [2.45, 2.75) is 115 Å². The highest BCUT2D eigenvalue weighted by atomic mass is 16.6. The van der Waals surface area contributed by atoms with E-state index in [0.29, 0.717) is 6.61 Å². The van der Waals surface area contributed by atoms with Gasteiger partial charge in [0.05, 0.1) is 13.2 Å². The molecule has 6 nitrogen and oxygen atoms in total. The van der Waals surface area contributed by atoms with Crippen LogP contribution in [-0.4, -0.2) is 46.7 Å². The van der Waals surface area contributed by atoms with Crippen molar-refractivity contribution in [1.82, 2.24) is 0 Å². The third-order valence-corrected chi connectivity index (χ3v) is 5.46. The number of unbranched alkanes of at least 4 members (excludes halogenated alkanes) is 14. The molecule has 0 unspecified atom stereocenters. The molecular weight excluding hydrogens is 372 g/mol. The minimum atomic E-state index is -1.29. The summed E-state index contributed by atoms with van der Waals surface area (Å²) in [7, 11) is 0. The Morgan fingerprint density at radius 2 is 1.31 bits per heavy atom. The zero-order chi connectivity index (χ0) is 21.3. The molecule has 0 amide bonds. The van der Waals surface area contributed by atoms with Crippen LogP contribution in [0.2, 0.25) is 0 Å². The second-order valence-electron chi connectivity index (χ2n) is 8.09. The monoisotopic (exact) mass is 414 g/mol. The van der Waals surface area contributed by atoms with Crippen LogP contribution in [0, 0.1) is 0 Å². The van der Waals surface area contributed by atoms with Crippen molar-refractivity contribution in [2.24, 2.45) is 0 Å². The maximum absolute atomic E-state index is 11.4. The normalized spacial score (nSPS) is 17.6. The third-order valence-electron chi connectivity index (χ3n) is 5.46. The van der Waals surface area contributed by atoms with Crippen LogP contribution in [0.4, 0.5) is 0 Å². The minimum absolute atomic E-state index is 0.0677. The molecular formula is C23H42O6. The average molecular weight is 415 g/mol. The van der Waals surface area contributed by atoms with Crippen LogP contribution in [0.5, 0.6) is 0 Å². The predicted octanol–water partition coefficient (Wildman–Crippen LogP) is 4.92. The van der Waals surface area contributed by atoms with Gasteiger partial charge >= 0.3 is 5.97 Å². The summed E-state index contributed by atoms with van der Waals surface area (Å²) in [5, 5.41) is 28.3. The van der Waals surface area contributed by atoms with Crippen LogP contribution < -0.4 is 0 Å². The van der Waals surface area contributed by atoms with E-state index in [0.717, 1.165) is 19.3 Å². The molecule has 0 saturated heterocycles. The summed E-state index contributed by atoms with van der Waals surface area (Å²) in [6.07, 6.45) is 16.7. The van der Waals surface area contributed by atoms with Gasteiger partial charge in [-0.1, -0.05) is 96.8 Å². The maximum Gasteiger partial charge on any atom is 0.378 e. The van der Waals surface area contributed by atoms with Gasteiger partial charge in [0.2, 0.25) is 5.76 Å². The Kier molecular flexibility index (Phi) is 14.7. The molecule has 0 aromatic heterocycles. The van der Waals surface area contributed by atoms with Crippen LogP contribution >= 0.6 is 0 Å². The highest BCUT2D eigenvalue weighted by molar-refractivity contribution is 5.89. The molecule has 0 fully saturated rings. The fourth-order valence-corrected chi connectivity index (χ4v) is 3.62. The van der Waals surface area contributed by atoms with E-state index in [9.17, 15) is 15.0 Å². The van der Waals surface area contributed by atoms with Crippen LogP contribution in [0.25, 0.3) is 0 Å². The first-order chi connectivity index (χ1) is 14.1. The van der Waals surface area contributed by atoms with E-state index in [-0.39, 0.29) is 5.76 Å². The van der Waals surface area contributed by atoms with Gasteiger partial charge in [0.15, 0.2) is 11.9 Å². The van der Waals surface area contributed by atoms with Gasteiger partial charge < -0.3 is 24.8 Å². The van der Waals surface area contributed by atoms with E-state index in [1.165, 1.54) is 77.0 Å². The lowest BCUT2D eigenvalue weighted by Gasteiger charge is -2.18. The van der Waals surface area contributed by atoms with Crippen molar-refractivity contribution in [3.63, 3.8) is 0 Å². The Balaban J connectivity index is 1.93. The quantitative estimate of drug-likeness (QED) is 0.205. The maximum atomic E-state index is 11.4. The highest BCUT2D eigenvalue weighted by Crippen LogP contribution is 2.25. The summed E-state index contributed by atoms with van der Waals surface area (Å²) in [6, 6.07) is 0. The van der Waals surface area contributed by atoms with E-state index in [1.807, 2.05) is 0 Å². The molecule has 0 aromatic rings. The van der Waals surface area contributed by atoms with Gasteiger partial charge in [0.1, 0.15) is 6.10 Å². The van der Waals surface area contributed by atoms with E-state index in [2.05, 4.69) is 6.92 Å². The summed E-state index contributed by atoms with van der Waals surface area (Å²) in [5.41, 5.74) is 0. The largest absolute Gasteiger partial charge is 0.499 e. The highest BCUT2D eigenvalue weighted by Gasteiger charge is 2.40. The Hall–Kier alpha value is -1.27. The minimum Gasteiger partial charge on any atom is -0.499 e. The van der Waals surface area contributed by atoms with Gasteiger partial charge in [-0.05, 0) is 6.42 Å². The Bertz CT molecular complexity index is 462. The molecule has 1 heterocycles. The molecule has 0 aromatic carbocycles. The molecule has 1 aliphatic heterocycles. The van der Waals surface area contributed by atoms with E-state index in [4.69, 9.17) is 14.6 Å². The van der Waals surface area contributed by atoms with Gasteiger partial charge in [-0.3, -0.25) is 0 Å². The van der Waals surface area contributed by atoms with Crippen LogP contribution in [0.1, 0.15) is 103 Å². The zero-order valence-electron chi connectivity index (χ0n) is 18.2. The zero-order valence-corrected chi connectivity index (χ0v) is 18.2. The fourth-order valence-electron chi connectivity index (χ4n) is 3.62. The Morgan fingerprint density at radius 1 is 0.862 bits per heavy atom. The SMILES string of the molecule is CCCCCCCCCCCCCCCCCOC1=C(O)C(=O)O[C@@H]1[C@@H](O)CO. The van der Waals surface area contributed by atoms with Crippen molar-refractivity contribution >= 4 is 5.97 Å². The standard InChI is InChI=1S/C23H42O6/c1-2-3-4-5-6-7-8-9-10-11-12-13-14-15-16-17-28-22-20(26)23(27)29-21(22)19(25)18-24/h19,21,24-26H,2-18H2,1H3/t19-,21+/m0/s1. The number of hydrogen-bond acceptors (Lipinski definition) is 6. The summed E-state index contributed by atoms with van der Waals surface area (Å²) in [4.78, 5) is 11.4. The number of esters is 1. The predicted molar refractivity (Wildman–Crippen MR) is 114 cm³/mol. The molecule has 3 N–H and O–H groups in total. The molecule has 0 spiro atoms. The van der Waals surface area contributed by atoms with Crippen LogP contribution in [0.3, 0.4) is 0 Å². The fraction of sp³-hybridized carbons (Fsp3) is 0.870. The summed E-state index contributed by atoms with van der Waals surface area (Å²) >= 11 is 0. The number of carbonyl (C=O) groups is 1.